The summed E-state index contributed by atoms with van der Waals surface area (Å²) >= 11 is 0. The number of hydrogen-bond donors (Lipinski definition) is 1. The van der Waals surface area contributed by atoms with Gasteiger partial charge < -0.3 is 14.6 Å². The summed E-state index contributed by atoms with van der Waals surface area (Å²) < 4.78 is 50.4. The van der Waals surface area contributed by atoms with Gasteiger partial charge in [-0.2, -0.15) is 13.2 Å². The molecule has 0 saturated carbocycles. The van der Waals surface area contributed by atoms with Gasteiger partial charge >= 0.3 is 6.18 Å². The molecule has 1 unspecified atom stereocenters. The van der Waals surface area contributed by atoms with E-state index >= 15 is 0 Å². The molecule has 0 heterocycles. The van der Waals surface area contributed by atoms with Crippen molar-refractivity contribution in [2.75, 3.05) is 13.2 Å². The Labute approximate surface area is 129 Å². The highest BCUT2D eigenvalue weighted by atomic mass is 19.4. The number of ether oxygens (including phenoxy) is 2. The Morgan fingerprint density at radius 3 is 1.95 bits per heavy atom. The van der Waals surface area contributed by atoms with Gasteiger partial charge in [0.2, 0.25) is 0 Å². The monoisotopic (exact) mass is 320 g/mol. The summed E-state index contributed by atoms with van der Waals surface area (Å²) in [6, 6.07) is 3.88. The first-order valence-corrected chi connectivity index (χ1v) is 7.49. The Bertz CT molecular complexity index is 474. The molecule has 1 aromatic rings. The molecule has 0 aliphatic rings. The fourth-order valence-corrected chi connectivity index (χ4v) is 1.99. The molecule has 0 bridgehead atoms. The van der Waals surface area contributed by atoms with Crippen LogP contribution in [0.3, 0.4) is 0 Å². The molecule has 0 saturated heterocycles. The first-order chi connectivity index (χ1) is 10.3. The highest BCUT2D eigenvalue weighted by molar-refractivity contribution is 5.45. The third kappa shape index (κ3) is 4.06. The summed E-state index contributed by atoms with van der Waals surface area (Å²) in [7, 11) is 0. The summed E-state index contributed by atoms with van der Waals surface area (Å²) in [6.45, 7) is 5.93. The van der Waals surface area contributed by atoms with Crippen molar-refractivity contribution < 1.29 is 27.8 Å². The predicted octanol–water partition coefficient (Wildman–Crippen LogP) is 4.42. The molecule has 0 fully saturated rings. The van der Waals surface area contributed by atoms with E-state index in [-0.39, 0.29) is 11.3 Å². The Morgan fingerprint density at radius 2 is 1.50 bits per heavy atom. The second kappa shape index (κ2) is 7.72. The van der Waals surface area contributed by atoms with Gasteiger partial charge in [-0.1, -0.05) is 26.8 Å². The molecule has 0 aromatic heterocycles. The maximum absolute atomic E-state index is 13.2. The minimum Gasteiger partial charge on any atom is -0.490 e. The molecule has 22 heavy (non-hydrogen) atoms. The van der Waals surface area contributed by atoms with Crippen molar-refractivity contribution in [1.82, 2.24) is 0 Å². The van der Waals surface area contributed by atoms with Crippen LogP contribution in [0.25, 0.3) is 0 Å². The van der Waals surface area contributed by atoms with Crippen LogP contribution in [0.15, 0.2) is 18.2 Å². The summed E-state index contributed by atoms with van der Waals surface area (Å²) in [6.07, 6.45) is -3.74. The van der Waals surface area contributed by atoms with Gasteiger partial charge in [0.05, 0.1) is 13.2 Å². The van der Waals surface area contributed by atoms with Crippen LogP contribution in [0.2, 0.25) is 0 Å². The van der Waals surface area contributed by atoms with Crippen molar-refractivity contribution in [3.05, 3.63) is 23.8 Å². The molecule has 0 amide bonds. The van der Waals surface area contributed by atoms with Crippen molar-refractivity contribution in [3.63, 3.8) is 0 Å². The van der Waals surface area contributed by atoms with Crippen LogP contribution in [0.1, 0.15) is 45.6 Å². The standard InChI is InChI=1S/C16H23F3O3/c1-4-9-21-13-8-7-12(11-14(13)22-10-5-2)15(20,6-3)16(17,18)19/h7-8,11,20H,4-6,9-10H2,1-3H3. The van der Waals surface area contributed by atoms with E-state index in [0.717, 1.165) is 12.8 Å². The topological polar surface area (TPSA) is 38.7 Å². The van der Waals surface area contributed by atoms with Crippen molar-refractivity contribution in [2.45, 2.75) is 51.8 Å². The minimum atomic E-state index is -4.75. The van der Waals surface area contributed by atoms with Gasteiger partial charge in [0.1, 0.15) is 0 Å². The van der Waals surface area contributed by atoms with E-state index in [4.69, 9.17) is 9.47 Å². The molecule has 0 radical (unpaired) electrons. The van der Waals surface area contributed by atoms with Gasteiger partial charge in [0.25, 0.3) is 0 Å². The minimum absolute atomic E-state index is 0.226. The molecule has 3 nitrogen and oxygen atoms in total. The molecule has 0 aliphatic heterocycles. The van der Waals surface area contributed by atoms with Gasteiger partial charge in [0, 0.05) is 0 Å². The number of halogens is 3. The van der Waals surface area contributed by atoms with Crippen molar-refractivity contribution >= 4 is 0 Å². The van der Waals surface area contributed by atoms with E-state index < -0.39 is 18.2 Å². The molecule has 0 spiro atoms. The van der Waals surface area contributed by atoms with Crippen LogP contribution in [0, 0.1) is 0 Å². The summed E-state index contributed by atoms with van der Waals surface area (Å²) in [5.74, 6) is 0.614. The lowest BCUT2D eigenvalue weighted by atomic mass is 9.90. The lowest BCUT2D eigenvalue weighted by Crippen LogP contribution is -2.41. The van der Waals surface area contributed by atoms with E-state index in [0.29, 0.717) is 19.0 Å². The number of rotatable bonds is 8. The van der Waals surface area contributed by atoms with Crippen molar-refractivity contribution in [2.24, 2.45) is 0 Å². The second-order valence-electron chi connectivity index (χ2n) is 5.07. The number of hydrogen-bond acceptors (Lipinski definition) is 3. The first kappa shape index (κ1) is 18.6. The molecule has 1 aromatic carbocycles. The van der Waals surface area contributed by atoms with Crippen LogP contribution in [0.4, 0.5) is 13.2 Å². The quantitative estimate of drug-likeness (QED) is 0.770. The third-order valence-electron chi connectivity index (χ3n) is 3.33. The lowest BCUT2D eigenvalue weighted by Gasteiger charge is -2.30. The Balaban J connectivity index is 3.21. The number of benzene rings is 1. The molecular weight excluding hydrogens is 297 g/mol. The summed E-state index contributed by atoms with van der Waals surface area (Å²) in [5.41, 5.74) is -3.13. The van der Waals surface area contributed by atoms with E-state index in [2.05, 4.69) is 0 Å². The lowest BCUT2D eigenvalue weighted by molar-refractivity contribution is -0.267. The highest BCUT2D eigenvalue weighted by Gasteiger charge is 2.53. The first-order valence-electron chi connectivity index (χ1n) is 7.49. The average molecular weight is 320 g/mol. The van der Waals surface area contributed by atoms with Crippen LogP contribution in [-0.2, 0) is 5.60 Å². The van der Waals surface area contributed by atoms with Gasteiger partial charge in [-0.3, -0.25) is 0 Å². The van der Waals surface area contributed by atoms with Crippen molar-refractivity contribution in [1.29, 1.82) is 0 Å². The predicted molar refractivity (Wildman–Crippen MR) is 78.3 cm³/mol. The Hall–Kier alpha value is -1.43. The number of alkyl halides is 3. The Kier molecular flexibility index (Phi) is 6.53. The van der Waals surface area contributed by atoms with E-state index in [1.165, 1.54) is 25.1 Å². The molecule has 1 N–H and O–H groups in total. The van der Waals surface area contributed by atoms with Crippen LogP contribution in [-0.4, -0.2) is 24.5 Å². The second-order valence-corrected chi connectivity index (χ2v) is 5.07. The zero-order valence-electron chi connectivity index (χ0n) is 13.2. The van der Waals surface area contributed by atoms with E-state index in [9.17, 15) is 18.3 Å². The van der Waals surface area contributed by atoms with E-state index in [1.807, 2.05) is 13.8 Å². The summed E-state index contributed by atoms with van der Waals surface area (Å²) in [5, 5.41) is 10.0. The van der Waals surface area contributed by atoms with Crippen LogP contribution >= 0.6 is 0 Å². The Morgan fingerprint density at radius 1 is 0.955 bits per heavy atom. The largest absolute Gasteiger partial charge is 0.490 e. The molecular formula is C16H23F3O3. The molecule has 0 aliphatic carbocycles. The van der Waals surface area contributed by atoms with Crippen LogP contribution < -0.4 is 9.47 Å². The summed E-state index contributed by atoms with van der Waals surface area (Å²) in [4.78, 5) is 0. The molecule has 1 rings (SSSR count). The van der Waals surface area contributed by atoms with Gasteiger partial charge in [0.15, 0.2) is 17.1 Å². The number of aliphatic hydroxyl groups is 1. The van der Waals surface area contributed by atoms with Gasteiger partial charge in [-0.25, -0.2) is 0 Å². The maximum atomic E-state index is 13.2. The molecule has 1 atom stereocenters. The molecule has 6 heteroatoms. The normalized spacial score (nSPS) is 14.5. The SMILES string of the molecule is CCCOc1ccc(C(O)(CC)C(F)(F)F)cc1OCCC. The third-order valence-corrected chi connectivity index (χ3v) is 3.33. The van der Waals surface area contributed by atoms with Gasteiger partial charge in [-0.05, 0) is 37.0 Å². The van der Waals surface area contributed by atoms with Crippen molar-refractivity contribution in [3.8, 4) is 11.5 Å². The average Bonchev–Trinajstić information content (AvgIpc) is 2.49. The molecule has 126 valence electrons. The zero-order valence-corrected chi connectivity index (χ0v) is 13.2. The van der Waals surface area contributed by atoms with E-state index in [1.54, 1.807) is 0 Å². The zero-order chi connectivity index (χ0) is 16.8. The fraction of sp³-hybridized carbons (Fsp3) is 0.625. The fourth-order valence-electron chi connectivity index (χ4n) is 1.99. The maximum Gasteiger partial charge on any atom is 0.421 e. The van der Waals surface area contributed by atoms with Gasteiger partial charge in [-0.15, -0.1) is 0 Å². The smallest absolute Gasteiger partial charge is 0.421 e. The highest BCUT2D eigenvalue weighted by Crippen LogP contribution is 2.43. The van der Waals surface area contributed by atoms with Crippen LogP contribution in [0.5, 0.6) is 11.5 Å².